The summed E-state index contributed by atoms with van der Waals surface area (Å²) in [4.78, 5) is 14.9. The number of rotatable bonds is 5. The SMILES string of the molecule is O=C(CN1CCc2ccccc2C1)NC(c1ccccc1)C1CC(O)C1. The van der Waals surface area contributed by atoms with Crippen molar-refractivity contribution < 1.29 is 9.90 Å². The number of aliphatic hydroxyl groups excluding tert-OH is 1. The van der Waals surface area contributed by atoms with E-state index in [-0.39, 0.29) is 18.1 Å². The third-order valence-corrected chi connectivity index (χ3v) is 5.67. The molecule has 2 aromatic carbocycles. The number of carbonyl (C=O) groups is 1. The molecule has 0 saturated heterocycles. The predicted octanol–water partition coefficient (Wildman–Crippen LogP) is 2.67. The standard InChI is InChI=1S/C22H26N2O2/c25-20-12-19(13-20)22(17-7-2-1-3-8-17)23-21(26)15-24-11-10-16-6-4-5-9-18(16)14-24/h1-9,19-20,22,25H,10-15H2,(H,23,26). The smallest absolute Gasteiger partial charge is 0.234 e. The van der Waals surface area contributed by atoms with Crippen molar-refractivity contribution >= 4 is 5.91 Å². The average molecular weight is 350 g/mol. The normalized spacial score (nSPS) is 23.6. The number of aliphatic hydroxyl groups is 1. The average Bonchev–Trinajstić information content (AvgIpc) is 2.64. The molecular weight excluding hydrogens is 324 g/mol. The van der Waals surface area contributed by atoms with E-state index in [0.29, 0.717) is 12.5 Å². The van der Waals surface area contributed by atoms with Gasteiger partial charge < -0.3 is 10.4 Å². The van der Waals surface area contributed by atoms with E-state index in [4.69, 9.17) is 0 Å². The van der Waals surface area contributed by atoms with Gasteiger partial charge in [-0.3, -0.25) is 9.69 Å². The van der Waals surface area contributed by atoms with Crippen LogP contribution in [0.25, 0.3) is 0 Å². The van der Waals surface area contributed by atoms with Gasteiger partial charge in [0.25, 0.3) is 0 Å². The van der Waals surface area contributed by atoms with Crippen LogP contribution in [0.5, 0.6) is 0 Å². The fourth-order valence-electron chi connectivity index (χ4n) is 4.15. The number of nitrogens with one attached hydrogen (secondary N) is 1. The lowest BCUT2D eigenvalue weighted by Gasteiger charge is -2.38. The van der Waals surface area contributed by atoms with Gasteiger partial charge in [-0.15, -0.1) is 0 Å². The molecule has 4 heteroatoms. The molecule has 1 atom stereocenters. The molecule has 2 aliphatic rings. The first kappa shape index (κ1) is 17.3. The highest BCUT2D eigenvalue weighted by molar-refractivity contribution is 5.78. The van der Waals surface area contributed by atoms with Crippen LogP contribution in [0.15, 0.2) is 54.6 Å². The van der Waals surface area contributed by atoms with E-state index in [0.717, 1.165) is 37.9 Å². The van der Waals surface area contributed by atoms with Crippen molar-refractivity contribution in [2.75, 3.05) is 13.1 Å². The fourth-order valence-corrected chi connectivity index (χ4v) is 4.15. The fraction of sp³-hybridized carbons (Fsp3) is 0.409. The second kappa shape index (κ2) is 7.60. The molecule has 0 radical (unpaired) electrons. The Labute approximate surface area is 154 Å². The summed E-state index contributed by atoms with van der Waals surface area (Å²) in [6.45, 7) is 2.18. The number of hydrogen-bond donors (Lipinski definition) is 2. The van der Waals surface area contributed by atoms with E-state index in [1.165, 1.54) is 11.1 Å². The summed E-state index contributed by atoms with van der Waals surface area (Å²) in [5.41, 5.74) is 3.85. The summed E-state index contributed by atoms with van der Waals surface area (Å²) in [6.07, 6.45) is 2.30. The van der Waals surface area contributed by atoms with Gasteiger partial charge in [-0.05, 0) is 41.9 Å². The van der Waals surface area contributed by atoms with Gasteiger partial charge in [0.15, 0.2) is 0 Å². The van der Waals surface area contributed by atoms with Crippen molar-refractivity contribution in [1.29, 1.82) is 0 Å². The number of fused-ring (bicyclic) bond motifs is 1. The molecule has 136 valence electrons. The maximum absolute atomic E-state index is 12.7. The number of benzene rings is 2. The Hall–Kier alpha value is -2.17. The van der Waals surface area contributed by atoms with E-state index in [2.05, 4.69) is 46.6 Å². The highest BCUT2D eigenvalue weighted by atomic mass is 16.3. The van der Waals surface area contributed by atoms with Crippen molar-refractivity contribution in [3.63, 3.8) is 0 Å². The Bertz CT molecular complexity index is 756. The van der Waals surface area contributed by atoms with Crippen molar-refractivity contribution in [2.24, 2.45) is 5.92 Å². The van der Waals surface area contributed by atoms with E-state index in [9.17, 15) is 9.90 Å². The lowest BCUT2D eigenvalue weighted by molar-refractivity contribution is -0.124. The summed E-state index contributed by atoms with van der Waals surface area (Å²) in [7, 11) is 0. The quantitative estimate of drug-likeness (QED) is 0.872. The molecule has 1 amide bonds. The molecule has 4 nitrogen and oxygen atoms in total. The van der Waals surface area contributed by atoms with E-state index >= 15 is 0 Å². The molecule has 2 aromatic rings. The summed E-state index contributed by atoms with van der Waals surface area (Å²) in [5, 5.41) is 12.9. The number of hydrogen-bond acceptors (Lipinski definition) is 3. The second-order valence-electron chi connectivity index (χ2n) is 7.57. The molecule has 1 unspecified atom stereocenters. The van der Waals surface area contributed by atoms with Crippen molar-refractivity contribution in [1.82, 2.24) is 10.2 Å². The minimum atomic E-state index is -0.221. The summed E-state index contributed by atoms with van der Waals surface area (Å²) >= 11 is 0. The summed E-state index contributed by atoms with van der Waals surface area (Å²) < 4.78 is 0. The third kappa shape index (κ3) is 3.81. The number of nitrogens with zero attached hydrogens (tertiary/aromatic N) is 1. The predicted molar refractivity (Wildman–Crippen MR) is 101 cm³/mol. The van der Waals surface area contributed by atoms with Crippen LogP contribution in [0.4, 0.5) is 0 Å². The van der Waals surface area contributed by atoms with Crippen molar-refractivity contribution in [3.05, 3.63) is 71.3 Å². The van der Waals surface area contributed by atoms with Crippen LogP contribution in [0.3, 0.4) is 0 Å². The Kier molecular flexibility index (Phi) is 5.05. The topological polar surface area (TPSA) is 52.6 Å². The Morgan fingerprint density at radius 2 is 1.77 bits per heavy atom. The lowest BCUT2D eigenvalue weighted by atomic mass is 9.75. The molecule has 4 rings (SSSR count). The van der Waals surface area contributed by atoms with Gasteiger partial charge >= 0.3 is 0 Å². The van der Waals surface area contributed by atoms with Crippen LogP contribution < -0.4 is 5.32 Å². The zero-order chi connectivity index (χ0) is 17.9. The first-order valence-electron chi connectivity index (χ1n) is 9.50. The molecule has 2 N–H and O–H groups in total. The Balaban J connectivity index is 1.39. The van der Waals surface area contributed by atoms with Crippen LogP contribution >= 0.6 is 0 Å². The highest BCUT2D eigenvalue weighted by Gasteiger charge is 2.35. The Morgan fingerprint density at radius 1 is 1.08 bits per heavy atom. The van der Waals surface area contributed by atoms with Crippen LogP contribution in [-0.2, 0) is 17.8 Å². The minimum absolute atomic E-state index is 0.0100. The van der Waals surface area contributed by atoms with E-state index < -0.39 is 0 Å². The molecule has 0 aromatic heterocycles. The molecular formula is C22H26N2O2. The van der Waals surface area contributed by atoms with Gasteiger partial charge in [-0.2, -0.15) is 0 Å². The van der Waals surface area contributed by atoms with Crippen LogP contribution in [-0.4, -0.2) is 35.1 Å². The number of amides is 1. The molecule has 1 aliphatic heterocycles. The van der Waals surface area contributed by atoms with Gasteiger partial charge in [-0.1, -0.05) is 54.6 Å². The molecule has 26 heavy (non-hydrogen) atoms. The maximum atomic E-state index is 12.7. The minimum Gasteiger partial charge on any atom is -0.393 e. The lowest BCUT2D eigenvalue weighted by Crippen LogP contribution is -2.45. The van der Waals surface area contributed by atoms with Crippen LogP contribution in [0.2, 0.25) is 0 Å². The molecule has 0 spiro atoms. The van der Waals surface area contributed by atoms with Crippen molar-refractivity contribution in [2.45, 2.75) is 38.0 Å². The summed E-state index contributed by atoms with van der Waals surface area (Å²) in [5.74, 6) is 0.387. The Morgan fingerprint density at radius 3 is 2.50 bits per heavy atom. The van der Waals surface area contributed by atoms with Gasteiger partial charge in [0.1, 0.15) is 0 Å². The van der Waals surface area contributed by atoms with Gasteiger partial charge in [-0.25, -0.2) is 0 Å². The zero-order valence-electron chi connectivity index (χ0n) is 15.0. The molecule has 0 bridgehead atoms. The second-order valence-corrected chi connectivity index (χ2v) is 7.57. The number of carbonyl (C=O) groups excluding carboxylic acids is 1. The first-order valence-corrected chi connectivity index (χ1v) is 9.50. The van der Waals surface area contributed by atoms with Crippen molar-refractivity contribution in [3.8, 4) is 0 Å². The van der Waals surface area contributed by atoms with Crippen LogP contribution in [0.1, 0.15) is 35.6 Å². The molecule has 1 saturated carbocycles. The van der Waals surface area contributed by atoms with E-state index in [1.54, 1.807) is 0 Å². The van der Waals surface area contributed by atoms with Gasteiger partial charge in [0, 0.05) is 13.1 Å². The van der Waals surface area contributed by atoms with Gasteiger partial charge in [0.05, 0.1) is 18.7 Å². The summed E-state index contributed by atoms with van der Waals surface area (Å²) in [6, 6.07) is 18.6. The molecule has 1 fully saturated rings. The highest BCUT2D eigenvalue weighted by Crippen LogP contribution is 2.38. The zero-order valence-corrected chi connectivity index (χ0v) is 15.0. The third-order valence-electron chi connectivity index (χ3n) is 5.67. The largest absolute Gasteiger partial charge is 0.393 e. The first-order chi connectivity index (χ1) is 12.7. The van der Waals surface area contributed by atoms with E-state index in [1.807, 2.05) is 18.2 Å². The van der Waals surface area contributed by atoms with Crippen LogP contribution in [0, 0.1) is 5.92 Å². The molecule has 1 heterocycles. The van der Waals surface area contributed by atoms with Gasteiger partial charge in [0.2, 0.25) is 5.91 Å². The monoisotopic (exact) mass is 350 g/mol. The maximum Gasteiger partial charge on any atom is 0.234 e. The molecule has 1 aliphatic carbocycles.